The van der Waals surface area contributed by atoms with E-state index < -0.39 is 0 Å². The van der Waals surface area contributed by atoms with Crippen molar-refractivity contribution in [2.24, 2.45) is 0 Å². The lowest BCUT2D eigenvalue weighted by Gasteiger charge is -1.96. The van der Waals surface area contributed by atoms with Crippen molar-refractivity contribution in [1.82, 2.24) is 19.9 Å². The molecule has 224 valence electrons. The van der Waals surface area contributed by atoms with E-state index in [1.54, 1.807) is 0 Å². The Hall–Kier alpha value is -5.24. The van der Waals surface area contributed by atoms with E-state index in [1.807, 2.05) is 108 Å². The first-order valence-electron chi connectivity index (χ1n) is 14.4. The first kappa shape index (κ1) is 30.2. The number of hydrogen-bond acceptors (Lipinski definition) is 8. The van der Waals surface area contributed by atoms with Gasteiger partial charge in [-0.2, -0.15) is 0 Å². The zero-order valence-corrected chi connectivity index (χ0v) is 26.4. The fourth-order valence-electron chi connectivity index (χ4n) is 4.66. The van der Waals surface area contributed by atoms with Crippen molar-refractivity contribution < 1.29 is 17.7 Å². The summed E-state index contributed by atoms with van der Waals surface area (Å²) in [6, 6.07) is 21.9. The summed E-state index contributed by atoms with van der Waals surface area (Å²) in [4.78, 5) is 16.8. The summed E-state index contributed by atoms with van der Waals surface area (Å²) in [7, 11) is 0. The van der Waals surface area contributed by atoms with Gasteiger partial charge in [0.25, 0.3) is 0 Å². The second kappa shape index (κ2) is 13.0. The van der Waals surface area contributed by atoms with Gasteiger partial charge in [-0.3, -0.25) is 0 Å². The molecule has 4 heterocycles. The molecule has 0 unspecified atom stereocenters. The summed E-state index contributed by atoms with van der Waals surface area (Å²) in [6.45, 7) is 15.8. The van der Waals surface area contributed by atoms with E-state index in [0.29, 0.717) is 0 Å². The van der Waals surface area contributed by atoms with E-state index in [-0.39, 0.29) is 0 Å². The quantitative estimate of drug-likeness (QED) is 0.172. The highest BCUT2D eigenvalue weighted by Gasteiger charge is 2.04. The van der Waals surface area contributed by atoms with Crippen LogP contribution in [0.5, 0.6) is 0 Å². The van der Waals surface area contributed by atoms with E-state index in [1.165, 1.54) is 34.2 Å². The van der Waals surface area contributed by atoms with Crippen LogP contribution in [0.2, 0.25) is 0 Å². The molecule has 0 amide bonds. The SMILES string of the molecule is Cc1ccc2nc(C)oc2c1.Cc1ccc2oc(C)nc2c1.Cc1ccc2ocnc2c1C.Cc1nc2c(C)cccc2o1. The third kappa shape index (κ3) is 7.03. The minimum atomic E-state index is 0.727. The Kier molecular flexibility index (Phi) is 8.90. The molecule has 0 aliphatic carbocycles. The van der Waals surface area contributed by atoms with Gasteiger partial charge in [0, 0.05) is 20.8 Å². The highest BCUT2D eigenvalue weighted by molar-refractivity contribution is 5.77. The molecule has 0 spiro atoms. The average Bonchev–Trinajstić information content (AvgIpc) is 3.76. The molecule has 0 aliphatic rings. The zero-order valence-electron chi connectivity index (χ0n) is 26.4. The lowest BCUT2D eigenvalue weighted by atomic mass is 10.1. The monoisotopic (exact) mass is 588 g/mol. The van der Waals surface area contributed by atoms with Crippen LogP contribution in [0.15, 0.2) is 90.8 Å². The Bertz CT molecular complexity index is 2100. The number of nitrogens with zero attached hydrogens (tertiary/aromatic N) is 4. The summed E-state index contributed by atoms with van der Waals surface area (Å²) in [5, 5.41) is 0. The van der Waals surface area contributed by atoms with Crippen molar-refractivity contribution in [3.05, 3.63) is 119 Å². The Morgan fingerprint density at radius 1 is 0.477 bits per heavy atom. The number of benzene rings is 4. The van der Waals surface area contributed by atoms with Crippen LogP contribution in [0, 0.1) is 55.4 Å². The molecule has 0 atom stereocenters. The third-order valence-corrected chi connectivity index (χ3v) is 7.05. The number of aryl methyl sites for hydroxylation is 8. The van der Waals surface area contributed by atoms with Crippen molar-refractivity contribution in [1.29, 1.82) is 0 Å². The van der Waals surface area contributed by atoms with E-state index in [9.17, 15) is 0 Å². The van der Waals surface area contributed by atoms with Crippen LogP contribution in [0.3, 0.4) is 0 Å². The lowest BCUT2D eigenvalue weighted by molar-refractivity contribution is 0.560. The molecule has 0 saturated heterocycles. The van der Waals surface area contributed by atoms with Gasteiger partial charge in [0.15, 0.2) is 46.4 Å². The zero-order chi connectivity index (χ0) is 31.4. The second-order valence-electron chi connectivity index (χ2n) is 10.8. The standard InChI is InChI=1S/4C9H9NO/c1-6-3-4-8-9(7(6)2)10-5-11-8;1-6-3-4-9-8(5-6)10-7(2)11-9;1-6-3-4-8-9(5-6)11-7(2)10-8;1-6-4-3-5-8-9(6)10-7(2)11-8/h4*3-5H,1-2H3. The molecule has 8 heteroatoms. The Morgan fingerprint density at radius 2 is 1.11 bits per heavy atom. The van der Waals surface area contributed by atoms with Crippen molar-refractivity contribution >= 4 is 44.4 Å². The summed E-state index contributed by atoms with van der Waals surface area (Å²) in [5.41, 5.74) is 13.4. The fraction of sp³-hybridized carbons (Fsp3) is 0.222. The molecule has 4 aromatic carbocycles. The summed E-state index contributed by atoms with van der Waals surface area (Å²) in [6.07, 6.45) is 1.48. The van der Waals surface area contributed by atoms with Crippen molar-refractivity contribution in [3.8, 4) is 0 Å². The minimum absolute atomic E-state index is 0.727. The maximum Gasteiger partial charge on any atom is 0.192 e. The Balaban J connectivity index is 0.000000116. The third-order valence-electron chi connectivity index (χ3n) is 7.05. The molecule has 0 fully saturated rings. The Labute approximate surface area is 255 Å². The number of oxazole rings is 4. The number of rotatable bonds is 0. The fourth-order valence-corrected chi connectivity index (χ4v) is 4.66. The topological polar surface area (TPSA) is 104 Å². The summed E-state index contributed by atoms with van der Waals surface area (Å²) >= 11 is 0. The maximum atomic E-state index is 5.34. The molecule has 0 N–H and O–H groups in total. The first-order valence-corrected chi connectivity index (χ1v) is 14.4. The van der Waals surface area contributed by atoms with Gasteiger partial charge in [0.05, 0.1) is 0 Å². The number of para-hydroxylation sites is 1. The molecule has 8 rings (SSSR count). The van der Waals surface area contributed by atoms with Crippen molar-refractivity contribution in [2.75, 3.05) is 0 Å². The summed E-state index contributed by atoms with van der Waals surface area (Å²) < 4.78 is 21.1. The van der Waals surface area contributed by atoms with Crippen LogP contribution in [0.4, 0.5) is 0 Å². The minimum Gasteiger partial charge on any atom is -0.443 e. The van der Waals surface area contributed by atoms with Crippen LogP contribution in [-0.2, 0) is 0 Å². The van der Waals surface area contributed by atoms with Gasteiger partial charge in [-0.15, -0.1) is 0 Å². The van der Waals surface area contributed by atoms with E-state index >= 15 is 0 Å². The summed E-state index contributed by atoms with van der Waals surface area (Å²) in [5.74, 6) is 2.19. The average molecular weight is 589 g/mol. The molecule has 8 aromatic rings. The van der Waals surface area contributed by atoms with Crippen molar-refractivity contribution in [2.45, 2.75) is 55.4 Å². The molecule has 8 nitrogen and oxygen atoms in total. The van der Waals surface area contributed by atoms with E-state index in [2.05, 4.69) is 33.8 Å². The molecule has 0 aliphatic heterocycles. The van der Waals surface area contributed by atoms with Gasteiger partial charge in [-0.05, 0) is 98.8 Å². The van der Waals surface area contributed by atoms with E-state index in [4.69, 9.17) is 17.7 Å². The number of aromatic nitrogens is 4. The smallest absolute Gasteiger partial charge is 0.192 e. The van der Waals surface area contributed by atoms with Gasteiger partial charge in [0.1, 0.15) is 22.1 Å². The van der Waals surface area contributed by atoms with Crippen LogP contribution in [0.1, 0.15) is 45.5 Å². The highest BCUT2D eigenvalue weighted by atomic mass is 16.4. The van der Waals surface area contributed by atoms with Gasteiger partial charge in [-0.25, -0.2) is 19.9 Å². The molecular formula is C36H36N4O4. The largest absolute Gasteiger partial charge is 0.443 e. The normalized spacial score (nSPS) is 10.7. The van der Waals surface area contributed by atoms with Crippen LogP contribution >= 0.6 is 0 Å². The molecule has 0 radical (unpaired) electrons. The van der Waals surface area contributed by atoms with Gasteiger partial charge in [0.2, 0.25) is 0 Å². The first-order chi connectivity index (χ1) is 21.1. The van der Waals surface area contributed by atoms with Crippen molar-refractivity contribution in [3.63, 3.8) is 0 Å². The van der Waals surface area contributed by atoms with Crippen LogP contribution in [-0.4, -0.2) is 19.9 Å². The van der Waals surface area contributed by atoms with Gasteiger partial charge in [-0.1, -0.05) is 30.3 Å². The maximum absolute atomic E-state index is 5.34. The van der Waals surface area contributed by atoms with Crippen LogP contribution in [0.25, 0.3) is 44.4 Å². The molecule has 44 heavy (non-hydrogen) atoms. The van der Waals surface area contributed by atoms with Crippen LogP contribution < -0.4 is 0 Å². The number of fused-ring (bicyclic) bond motifs is 4. The predicted octanol–water partition coefficient (Wildman–Crippen LogP) is 9.78. The lowest BCUT2D eigenvalue weighted by Crippen LogP contribution is -1.80. The van der Waals surface area contributed by atoms with Gasteiger partial charge >= 0.3 is 0 Å². The number of hydrogen-bond donors (Lipinski definition) is 0. The van der Waals surface area contributed by atoms with Gasteiger partial charge < -0.3 is 17.7 Å². The molecular weight excluding hydrogens is 552 g/mol. The molecule has 0 bridgehead atoms. The second-order valence-corrected chi connectivity index (χ2v) is 10.8. The Morgan fingerprint density at radius 3 is 1.89 bits per heavy atom. The highest BCUT2D eigenvalue weighted by Crippen LogP contribution is 2.20. The van der Waals surface area contributed by atoms with E-state index in [0.717, 1.165) is 62.1 Å². The predicted molar refractivity (Wildman–Crippen MR) is 174 cm³/mol. The molecule has 0 saturated carbocycles. The molecule has 4 aromatic heterocycles.